The van der Waals surface area contributed by atoms with Crippen molar-refractivity contribution < 1.29 is 14.3 Å². The molecule has 0 aromatic carbocycles. The SMILES string of the molecule is CCOCC(=O)N1CC2(C[C@@H](Oc3ccccn3)CS2)C1. The Balaban J connectivity index is 1.47. The Labute approximate surface area is 129 Å². The predicted octanol–water partition coefficient (Wildman–Crippen LogP) is 1.58. The number of amides is 1. The monoisotopic (exact) mass is 308 g/mol. The van der Waals surface area contributed by atoms with Crippen LogP contribution in [0.25, 0.3) is 0 Å². The van der Waals surface area contributed by atoms with Gasteiger partial charge in [0.05, 0.1) is 4.75 Å². The summed E-state index contributed by atoms with van der Waals surface area (Å²) in [4.78, 5) is 17.9. The quantitative estimate of drug-likeness (QED) is 0.827. The van der Waals surface area contributed by atoms with E-state index in [2.05, 4.69) is 4.98 Å². The van der Waals surface area contributed by atoms with Gasteiger partial charge in [-0.1, -0.05) is 6.07 Å². The summed E-state index contributed by atoms with van der Waals surface area (Å²) in [6.45, 7) is 4.30. The van der Waals surface area contributed by atoms with Gasteiger partial charge in [0.1, 0.15) is 12.7 Å². The molecule has 3 heterocycles. The minimum atomic E-state index is 0.0946. The summed E-state index contributed by atoms with van der Waals surface area (Å²) >= 11 is 1.92. The Kier molecular flexibility index (Phi) is 4.35. The molecule has 0 aliphatic carbocycles. The van der Waals surface area contributed by atoms with E-state index in [0.717, 1.165) is 25.3 Å². The molecule has 0 saturated carbocycles. The van der Waals surface area contributed by atoms with Gasteiger partial charge in [-0.15, -0.1) is 11.8 Å². The van der Waals surface area contributed by atoms with Gasteiger partial charge in [0.2, 0.25) is 11.8 Å². The highest BCUT2D eigenvalue weighted by molar-refractivity contribution is 8.01. The third-order valence-electron chi connectivity index (χ3n) is 3.84. The van der Waals surface area contributed by atoms with E-state index in [1.807, 2.05) is 41.8 Å². The summed E-state index contributed by atoms with van der Waals surface area (Å²) in [6.07, 6.45) is 2.91. The average molecular weight is 308 g/mol. The minimum Gasteiger partial charge on any atom is -0.473 e. The lowest BCUT2D eigenvalue weighted by atomic mass is 9.93. The number of rotatable bonds is 5. The molecule has 0 bridgehead atoms. The Morgan fingerprint density at radius 1 is 1.52 bits per heavy atom. The van der Waals surface area contributed by atoms with Gasteiger partial charge in [0.15, 0.2) is 0 Å². The molecule has 2 fully saturated rings. The van der Waals surface area contributed by atoms with Crippen LogP contribution in [0, 0.1) is 0 Å². The largest absolute Gasteiger partial charge is 0.473 e. The van der Waals surface area contributed by atoms with Gasteiger partial charge in [-0.25, -0.2) is 4.98 Å². The third kappa shape index (κ3) is 3.32. The van der Waals surface area contributed by atoms with Crippen molar-refractivity contribution in [1.82, 2.24) is 9.88 Å². The first-order chi connectivity index (χ1) is 10.2. The van der Waals surface area contributed by atoms with Crippen molar-refractivity contribution in [3.63, 3.8) is 0 Å². The fraction of sp³-hybridized carbons (Fsp3) is 0.600. The van der Waals surface area contributed by atoms with E-state index in [9.17, 15) is 4.79 Å². The number of carbonyl (C=O) groups excluding carboxylic acids is 1. The van der Waals surface area contributed by atoms with E-state index >= 15 is 0 Å². The molecular weight excluding hydrogens is 288 g/mol. The molecule has 6 heteroatoms. The molecule has 2 aliphatic heterocycles. The second kappa shape index (κ2) is 6.23. The summed E-state index contributed by atoms with van der Waals surface area (Å²) in [5.74, 6) is 1.74. The topological polar surface area (TPSA) is 51.7 Å². The van der Waals surface area contributed by atoms with Gasteiger partial charge >= 0.3 is 0 Å². The first-order valence-electron chi connectivity index (χ1n) is 7.28. The molecular formula is C15H20N2O3S. The van der Waals surface area contributed by atoms with Crippen LogP contribution in [0.1, 0.15) is 13.3 Å². The van der Waals surface area contributed by atoms with Gasteiger partial charge in [0.25, 0.3) is 0 Å². The van der Waals surface area contributed by atoms with Crippen molar-refractivity contribution in [1.29, 1.82) is 0 Å². The maximum Gasteiger partial charge on any atom is 0.248 e. The summed E-state index contributed by atoms with van der Waals surface area (Å²) in [6, 6.07) is 5.69. The van der Waals surface area contributed by atoms with Gasteiger partial charge < -0.3 is 14.4 Å². The number of hydrogen-bond acceptors (Lipinski definition) is 5. The number of thioether (sulfide) groups is 1. The van der Waals surface area contributed by atoms with Crippen LogP contribution in [0.3, 0.4) is 0 Å². The van der Waals surface area contributed by atoms with Crippen LogP contribution in [0.2, 0.25) is 0 Å². The van der Waals surface area contributed by atoms with Crippen LogP contribution >= 0.6 is 11.8 Å². The summed E-state index contributed by atoms with van der Waals surface area (Å²) in [7, 11) is 0. The van der Waals surface area contributed by atoms with Gasteiger partial charge in [-0.05, 0) is 13.0 Å². The fourth-order valence-electron chi connectivity index (χ4n) is 2.79. The van der Waals surface area contributed by atoms with Crippen LogP contribution in [-0.2, 0) is 9.53 Å². The zero-order valence-electron chi connectivity index (χ0n) is 12.2. The molecule has 2 saturated heterocycles. The van der Waals surface area contributed by atoms with Crippen molar-refractivity contribution in [2.24, 2.45) is 0 Å². The van der Waals surface area contributed by atoms with E-state index in [1.165, 1.54) is 0 Å². The van der Waals surface area contributed by atoms with Crippen LogP contribution in [-0.4, -0.2) is 58.7 Å². The normalized spacial score (nSPS) is 23.1. The maximum atomic E-state index is 11.8. The predicted molar refractivity (Wildman–Crippen MR) is 81.5 cm³/mol. The minimum absolute atomic E-state index is 0.0946. The zero-order valence-corrected chi connectivity index (χ0v) is 13.0. The Morgan fingerprint density at radius 2 is 2.38 bits per heavy atom. The van der Waals surface area contributed by atoms with E-state index in [1.54, 1.807) is 6.20 Å². The molecule has 21 heavy (non-hydrogen) atoms. The van der Waals surface area contributed by atoms with Crippen molar-refractivity contribution in [3.05, 3.63) is 24.4 Å². The fourth-order valence-corrected chi connectivity index (χ4v) is 4.32. The van der Waals surface area contributed by atoms with Gasteiger partial charge in [0, 0.05) is 44.1 Å². The highest BCUT2D eigenvalue weighted by Crippen LogP contribution is 2.45. The zero-order chi connectivity index (χ0) is 14.7. The number of pyridine rings is 1. The molecule has 114 valence electrons. The maximum absolute atomic E-state index is 11.8. The van der Waals surface area contributed by atoms with Gasteiger partial charge in [-0.2, -0.15) is 0 Å². The Bertz CT molecular complexity index is 491. The van der Waals surface area contributed by atoms with E-state index in [0.29, 0.717) is 12.5 Å². The molecule has 3 rings (SSSR count). The van der Waals surface area contributed by atoms with E-state index in [-0.39, 0.29) is 23.4 Å². The number of ether oxygens (including phenoxy) is 2. The highest BCUT2D eigenvalue weighted by Gasteiger charge is 2.51. The molecule has 2 aliphatic rings. The number of likely N-dealkylation sites (tertiary alicyclic amines) is 1. The van der Waals surface area contributed by atoms with E-state index < -0.39 is 0 Å². The molecule has 1 atom stereocenters. The summed E-state index contributed by atoms with van der Waals surface area (Å²) in [5.41, 5.74) is 0. The van der Waals surface area contributed by atoms with Crippen LogP contribution in [0.5, 0.6) is 5.88 Å². The van der Waals surface area contributed by atoms with E-state index in [4.69, 9.17) is 9.47 Å². The summed E-state index contributed by atoms with van der Waals surface area (Å²) < 4.78 is 11.3. The van der Waals surface area contributed by atoms with Gasteiger partial charge in [-0.3, -0.25) is 4.79 Å². The molecule has 5 nitrogen and oxygen atoms in total. The summed E-state index contributed by atoms with van der Waals surface area (Å²) in [5, 5.41) is 0. The number of hydrogen-bond donors (Lipinski definition) is 0. The first-order valence-corrected chi connectivity index (χ1v) is 8.26. The second-order valence-electron chi connectivity index (χ2n) is 5.49. The molecule has 1 aromatic heterocycles. The lowest BCUT2D eigenvalue weighted by molar-refractivity contribution is -0.141. The molecule has 1 amide bonds. The number of carbonyl (C=O) groups is 1. The number of nitrogens with zero attached hydrogens (tertiary/aromatic N) is 2. The van der Waals surface area contributed by atoms with Crippen LogP contribution in [0.15, 0.2) is 24.4 Å². The molecule has 0 N–H and O–H groups in total. The lowest BCUT2D eigenvalue weighted by Crippen LogP contribution is -2.61. The Morgan fingerprint density at radius 3 is 3.10 bits per heavy atom. The van der Waals surface area contributed by atoms with Crippen LogP contribution < -0.4 is 4.74 Å². The molecule has 1 aromatic rings. The van der Waals surface area contributed by atoms with Crippen molar-refractivity contribution in [2.45, 2.75) is 24.2 Å². The molecule has 0 radical (unpaired) electrons. The van der Waals surface area contributed by atoms with Crippen molar-refractivity contribution >= 4 is 17.7 Å². The Hall–Kier alpha value is -1.27. The number of aromatic nitrogens is 1. The average Bonchev–Trinajstić information content (AvgIpc) is 2.88. The lowest BCUT2D eigenvalue weighted by Gasteiger charge is -2.47. The highest BCUT2D eigenvalue weighted by atomic mass is 32.2. The smallest absolute Gasteiger partial charge is 0.248 e. The third-order valence-corrected chi connectivity index (χ3v) is 5.42. The standard InChI is InChI=1S/C15H20N2O3S/c1-2-19-8-14(18)17-10-15(11-17)7-12(9-21-15)20-13-5-3-4-6-16-13/h3-6,12H,2,7-11H2,1H3/t12-/m1/s1. The van der Waals surface area contributed by atoms with Crippen molar-refractivity contribution in [3.8, 4) is 5.88 Å². The molecule has 1 spiro atoms. The first kappa shape index (κ1) is 14.7. The second-order valence-corrected chi connectivity index (χ2v) is 6.98. The molecule has 0 unspecified atom stereocenters. The van der Waals surface area contributed by atoms with Crippen LogP contribution in [0.4, 0.5) is 0 Å². The van der Waals surface area contributed by atoms with Crippen molar-refractivity contribution in [2.75, 3.05) is 32.1 Å².